The number of hydrogen-bond donors (Lipinski definition) is 5. The molecule has 2 fully saturated rings. The summed E-state index contributed by atoms with van der Waals surface area (Å²) in [4.78, 5) is 0. The van der Waals surface area contributed by atoms with Crippen LogP contribution in [0.2, 0.25) is 0 Å². The van der Waals surface area contributed by atoms with Gasteiger partial charge in [-0.2, -0.15) is 13.2 Å². The van der Waals surface area contributed by atoms with Crippen molar-refractivity contribution >= 4 is 23.3 Å². The molecule has 0 aromatic heterocycles. The third-order valence-electron chi connectivity index (χ3n) is 6.68. The van der Waals surface area contributed by atoms with Crippen molar-refractivity contribution in [3.8, 4) is 0 Å². The van der Waals surface area contributed by atoms with Gasteiger partial charge in [0.25, 0.3) is 0 Å². The molecule has 2 aliphatic carbocycles. The Kier molecular flexibility index (Phi) is 4.39. The van der Waals surface area contributed by atoms with Gasteiger partial charge in [0.2, 0.25) is 0 Å². The van der Waals surface area contributed by atoms with Gasteiger partial charge in [-0.3, -0.25) is 5.41 Å². The number of anilines is 2. The van der Waals surface area contributed by atoms with Crippen molar-refractivity contribution in [2.24, 2.45) is 17.8 Å². The zero-order valence-corrected chi connectivity index (χ0v) is 15.5. The molecule has 1 aromatic carbocycles. The van der Waals surface area contributed by atoms with Gasteiger partial charge in [0.05, 0.1) is 6.04 Å². The highest BCUT2D eigenvalue weighted by Gasteiger charge is 2.56. The number of nitrogen functional groups attached to an aromatic ring is 1. The fourth-order valence-electron chi connectivity index (χ4n) is 5.73. The van der Waals surface area contributed by atoms with E-state index in [0.717, 1.165) is 30.5 Å². The molecule has 2 bridgehead atoms. The molecule has 0 spiro atoms. The lowest BCUT2D eigenvalue weighted by Crippen LogP contribution is -2.46. The minimum atomic E-state index is -4.71. The minimum absolute atomic E-state index is 0.0472. The lowest BCUT2D eigenvalue weighted by molar-refractivity contribution is -0.0593. The largest absolute Gasteiger partial charge is 0.433 e. The Bertz CT molecular complexity index is 860. The Morgan fingerprint density at radius 1 is 1.29 bits per heavy atom. The predicted octanol–water partition coefficient (Wildman–Crippen LogP) is 3.88. The Hall–Kier alpha value is -2.51. The monoisotopic (exact) mass is 391 g/mol. The summed E-state index contributed by atoms with van der Waals surface area (Å²) in [6.07, 6.45) is 0.863. The second-order valence-corrected chi connectivity index (χ2v) is 7.99. The number of hydrogen-bond acceptors (Lipinski definition) is 5. The third-order valence-corrected chi connectivity index (χ3v) is 6.68. The zero-order chi connectivity index (χ0) is 20.2. The van der Waals surface area contributed by atoms with Crippen molar-refractivity contribution in [3.63, 3.8) is 0 Å². The normalized spacial score (nSPS) is 31.0. The number of halogens is 3. The van der Waals surface area contributed by atoms with Gasteiger partial charge in [-0.15, -0.1) is 0 Å². The third kappa shape index (κ3) is 2.69. The summed E-state index contributed by atoms with van der Waals surface area (Å²) in [5.74, 6) is 0.701. The van der Waals surface area contributed by atoms with E-state index in [0.29, 0.717) is 23.1 Å². The van der Waals surface area contributed by atoms with Crippen LogP contribution in [0, 0.1) is 28.6 Å². The second-order valence-electron chi connectivity index (χ2n) is 7.99. The average molecular weight is 391 g/mol. The maximum Gasteiger partial charge on any atom is 0.433 e. The molecule has 0 saturated heterocycles. The molecule has 1 heterocycles. The van der Waals surface area contributed by atoms with Gasteiger partial charge in [0.15, 0.2) is 0 Å². The van der Waals surface area contributed by atoms with Gasteiger partial charge < -0.3 is 21.8 Å². The number of alkyl halides is 3. The van der Waals surface area contributed by atoms with Crippen LogP contribution in [-0.4, -0.2) is 31.2 Å². The van der Waals surface area contributed by atoms with Crippen LogP contribution >= 0.6 is 0 Å². The van der Waals surface area contributed by atoms with Crippen LogP contribution < -0.4 is 16.4 Å². The van der Waals surface area contributed by atoms with E-state index in [2.05, 4.69) is 10.6 Å². The van der Waals surface area contributed by atoms with E-state index in [1.165, 1.54) is 12.4 Å². The maximum atomic E-state index is 13.4. The van der Waals surface area contributed by atoms with Crippen LogP contribution in [0.3, 0.4) is 0 Å². The summed E-state index contributed by atoms with van der Waals surface area (Å²) in [5, 5.41) is 21.6. The highest BCUT2D eigenvalue weighted by Crippen LogP contribution is 2.62. The topological polar surface area (TPSA) is 97.8 Å². The van der Waals surface area contributed by atoms with Gasteiger partial charge >= 0.3 is 6.18 Å². The molecule has 5 atom stereocenters. The molecule has 3 aliphatic rings. The first-order valence-corrected chi connectivity index (χ1v) is 9.50. The molecule has 150 valence electrons. The maximum absolute atomic E-state index is 13.4. The average Bonchev–Trinajstić information content (AvgIpc) is 3.26. The summed E-state index contributed by atoms with van der Waals surface area (Å²) >= 11 is 0. The number of nitrogens with one attached hydrogen (secondary N) is 4. The van der Waals surface area contributed by atoms with Crippen molar-refractivity contribution in [1.29, 1.82) is 10.8 Å². The Morgan fingerprint density at radius 2 is 2.00 bits per heavy atom. The molecule has 1 aromatic rings. The first-order valence-electron chi connectivity index (χ1n) is 9.50. The van der Waals surface area contributed by atoms with Crippen LogP contribution in [0.25, 0.3) is 0 Å². The van der Waals surface area contributed by atoms with Crippen molar-refractivity contribution in [1.82, 2.24) is 5.32 Å². The SMILES string of the molecule is CN/C=C(\C(=N)C(F)(F)F)[C@@H]1Nc2ccc(N)c(C=N)c2C2C1[C@@H]1CC[C@@H]2C1. The van der Waals surface area contributed by atoms with E-state index in [1.54, 1.807) is 19.2 Å². The molecule has 2 unspecified atom stereocenters. The highest BCUT2D eigenvalue weighted by atomic mass is 19.4. The van der Waals surface area contributed by atoms with Gasteiger partial charge in [-0.1, -0.05) is 0 Å². The number of benzene rings is 1. The molecule has 1 aliphatic heterocycles. The van der Waals surface area contributed by atoms with Gasteiger partial charge in [-0.05, 0) is 60.6 Å². The van der Waals surface area contributed by atoms with Crippen molar-refractivity contribution in [2.45, 2.75) is 37.4 Å². The van der Waals surface area contributed by atoms with Crippen LogP contribution in [0.15, 0.2) is 23.9 Å². The Balaban J connectivity index is 1.86. The molecule has 6 N–H and O–H groups in total. The van der Waals surface area contributed by atoms with Crippen LogP contribution in [0.1, 0.15) is 36.3 Å². The van der Waals surface area contributed by atoms with E-state index < -0.39 is 17.9 Å². The molecular weight excluding hydrogens is 367 g/mol. The van der Waals surface area contributed by atoms with E-state index in [-0.39, 0.29) is 17.4 Å². The van der Waals surface area contributed by atoms with Crippen molar-refractivity contribution in [2.75, 3.05) is 18.1 Å². The number of nitrogens with two attached hydrogens (primary N) is 1. The lowest BCUT2D eigenvalue weighted by atomic mass is 9.66. The predicted molar refractivity (Wildman–Crippen MR) is 104 cm³/mol. The summed E-state index contributed by atoms with van der Waals surface area (Å²) in [6.45, 7) is 0. The molecule has 0 amide bonds. The van der Waals surface area contributed by atoms with E-state index in [1.807, 2.05) is 0 Å². The second kappa shape index (κ2) is 6.53. The molecule has 28 heavy (non-hydrogen) atoms. The van der Waals surface area contributed by atoms with E-state index in [4.69, 9.17) is 16.6 Å². The standard InChI is InChI=1S/C20H24F3N5/c1-27-8-12(19(26)20(21,22)23)18-16-10-3-2-9(6-10)15(16)17-11(7-24)13(25)4-5-14(17)28-18/h4-5,7-10,15-16,18,24,26-28H,2-3,6,25H2,1H3/b12-8-,24-7?,26-19?/t9-,10-,15?,16?,18+/m1/s1. The van der Waals surface area contributed by atoms with Crippen LogP contribution in [0.4, 0.5) is 24.5 Å². The quantitative estimate of drug-likeness (QED) is 0.398. The van der Waals surface area contributed by atoms with Gasteiger partial charge in [0, 0.05) is 42.0 Å². The van der Waals surface area contributed by atoms with Crippen molar-refractivity contribution < 1.29 is 13.2 Å². The molecule has 4 rings (SSSR count). The van der Waals surface area contributed by atoms with Crippen LogP contribution in [-0.2, 0) is 0 Å². The highest BCUT2D eigenvalue weighted by molar-refractivity contribution is 6.03. The fourth-order valence-corrected chi connectivity index (χ4v) is 5.73. The van der Waals surface area contributed by atoms with Gasteiger partial charge in [0.1, 0.15) is 5.71 Å². The van der Waals surface area contributed by atoms with Gasteiger partial charge in [-0.25, -0.2) is 0 Å². The fraction of sp³-hybridized carbons (Fsp3) is 0.500. The Labute approximate surface area is 161 Å². The van der Waals surface area contributed by atoms with Crippen LogP contribution in [0.5, 0.6) is 0 Å². The molecular formula is C20H24F3N5. The first kappa shape index (κ1) is 18.8. The molecule has 8 heteroatoms. The first-order chi connectivity index (χ1) is 13.3. The molecule has 0 radical (unpaired) electrons. The molecule has 5 nitrogen and oxygen atoms in total. The summed E-state index contributed by atoms with van der Waals surface area (Å²) < 4.78 is 40.2. The molecule has 2 saturated carbocycles. The number of rotatable bonds is 4. The number of fused-ring (bicyclic) bond motifs is 7. The van der Waals surface area contributed by atoms with E-state index in [9.17, 15) is 13.2 Å². The smallest absolute Gasteiger partial charge is 0.398 e. The Morgan fingerprint density at radius 3 is 2.64 bits per heavy atom. The summed E-state index contributed by atoms with van der Waals surface area (Å²) in [7, 11) is 1.55. The van der Waals surface area contributed by atoms with E-state index >= 15 is 0 Å². The summed E-state index contributed by atoms with van der Waals surface area (Å²) in [5.41, 5.74) is 7.60. The summed E-state index contributed by atoms with van der Waals surface area (Å²) in [6, 6.07) is 2.88. The lowest BCUT2D eigenvalue weighted by Gasteiger charge is -2.45. The zero-order valence-electron chi connectivity index (χ0n) is 15.5. The minimum Gasteiger partial charge on any atom is -0.398 e. The van der Waals surface area contributed by atoms with Crippen molar-refractivity contribution in [3.05, 3.63) is 35.0 Å².